The number of nitrogens with zero attached hydrogens (tertiary/aromatic N) is 1. The first-order valence-corrected chi connectivity index (χ1v) is 19.1. The molecule has 0 aliphatic heterocycles. The van der Waals surface area contributed by atoms with Gasteiger partial charge >= 0.3 is 0 Å². The maximum absolute atomic E-state index is 16.1. The van der Waals surface area contributed by atoms with Crippen molar-refractivity contribution in [2.45, 2.75) is 19.3 Å². The maximum atomic E-state index is 16.1. The van der Waals surface area contributed by atoms with Gasteiger partial charge in [0.25, 0.3) is 0 Å². The summed E-state index contributed by atoms with van der Waals surface area (Å²) in [6.07, 6.45) is 0. The van der Waals surface area contributed by atoms with E-state index in [1.54, 1.807) is 12.1 Å². The van der Waals surface area contributed by atoms with Gasteiger partial charge in [0.1, 0.15) is 5.82 Å². The average molecular weight is 706 g/mol. The molecule has 0 radical (unpaired) electrons. The van der Waals surface area contributed by atoms with Gasteiger partial charge in [-0.3, -0.25) is 0 Å². The zero-order valence-electron chi connectivity index (χ0n) is 30.6. The maximum Gasteiger partial charge on any atom is 0.147 e. The van der Waals surface area contributed by atoms with Gasteiger partial charge in [0, 0.05) is 16.7 Å². The molecule has 260 valence electrons. The minimum absolute atomic E-state index is 0.180. The van der Waals surface area contributed by atoms with Crippen molar-refractivity contribution in [3.8, 4) is 55.6 Å². The monoisotopic (exact) mass is 705 g/mol. The van der Waals surface area contributed by atoms with Gasteiger partial charge in [0.2, 0.25) is 0 Å². The summed E-state index contributed by atoms with van der Waals surface area (Å²) in [5, 5.41) is 4.99. The van der Waals surface area contributed by atoms with Crippen molar-refractivity contribution in [3.63, 3.8) is 0 Å². The molecule has 11 rings (SSSR count). The van der Waals surface area contributed by atoms with Crippen molar-refractivity contribution in [2.75, 3.05) is 4.90 Å². The molecule has 9 aromatic rings. The normalized spacial score (nSPS) is 13.1. The number of halogens is 1. The second-order valence-corrected chi connectivity index (χ2v) is 15.3. The molecule has 0 N–H and O–H groups in total. The van der Waals surface area contributed by atoms with E-state index in [4.69, 9.17) is 0 Å². The standard InChI is InChI=1S/C53H36FN/c1-53(2)42-24-9-8-21-39(42)50-43(53)25-14-28-46(50)55(45-27-11-10-26-44(45)54)36-31-29-35(30-32-36)49-38-20-7-6-19-37(38)48(34-15-4-3-5-16-34)51-40-22-12-17-33-18-13-23-41(47(33)40)52(49)51/h3-32H,1-2H3. The minimum atomic E-state index is -0.263. The zero-order valence-corrected chi connectivity index (χ0v) is 30.6. The molecule has 0 amide bonds. The highest BCUT2D eigenvalue weighted by Gasteiger charge is 2.38. The highest BCUT2D eigenvalue weighted by Crippen LogP contribution is 2.58. The fourth-order valence-electron chi connectivity index (χ4n) is 9.68. The van der Waals surface area contributed by atoms with Crippen LogP contribution in [-0.2, 0) is 5.41 Å². The fourth-order valence-corrected chi connectivity index (χ4v) is 9.68. The van der Waals surface area contributed by atoms with E-state index in [1.807, 2.05) is 12.1 Å². The van der Waals surface area contributed by atoms with E-state index in [9.17, 15) is 0 Å². The summed E-state index contributed by atoms with van der Waals surface area (Å²) in [5.74, 6) is -0.263. The first-order valence-electron chi connectivity index (χ1n) is 19.1. The predicted octanol–water partition coefficient (Wildman–Crippen LogP) is 14.9. The van der Waals surface area contributed by atoms with Crippen LogP contribution in [0.15, 0.2) is 182 Å². The smallest absolute Gasteiger partial charge is 0.147 e. The van der Waals surface area contributed by atoms with Crippen LogP contribution < -0.4 is 4.90 Å². The van der Waals surface area contributed by atoms with Crippen LogP contribution in [0.5, 0.6) is 0 Å². The van der Waals surface area contributed by atoms with E-state index in [0.717, 1.165) is 22.5 Å². The zero-order chi connectivity index (χ0) is 36.8. The lowest BCUT2D eigenvalue weighted by molar-refractivity contribution is 0.629. The van der Waals surface area contributed by atoms with Gasteiger partial charge in [0.15, 0.2) is 0 Å². The summed E-state index contributed by atoms with van der Waals surface area (Å²) < 4.78 is 16.1. The highest BCUT2D eigenvalue weighted by atomic mass is 19.1. The molecule has 0 spiro atoms. The van der Waals surface area contributed by atoms with Gasteiger partial charge in [-0.25, -0.2) is 4.39 Å². The number of anilines is 3. The van der Waals surface area contributed by atoms with Gasteiger partial charge in [-0.1, -0.05) is 166 Å². The Morgan fingerprint density at radius 3 is 1.62 bits per heavy atom. The van der Waals surface area contributed by atoms with Crippen LogP contribution in [0.2, 0.25) is 0 Å². The molecule has 1 nitrogen and oxygen atoms in total. The third-order valence-electron chi connectivity index (χ3n) is 12.1. The molecular weight excluding hydrogens is 670 g/mol. The molecule has 0 aromatic heterocycles. The van der Waals surface area contributed by atoms with Crippen molar-refractivity contribution in [3.05, 3.63) is 199 Å². The van der Waals surface area contributed by atoms with Gasteiger partial charge in [-0.2, -0.15) is 0 Å². The summed E-state index contributed by atoms with van der Waals surface area (Å²) in [7, 11) is 0. The quantitative estimate of drug-likeness (QED) is 0.172. The Balaban J connectivity index is 1.16. The summed E-state index contributed by atoms with van der Waals surface area (Å²) in [6.45, 7) is 4.57. The third-order valence-corrected chi connectivity index (χ3v) is 12.1. The fraction of sp³-hybridized carbons (Fsp3) is 0.0566. The van der Waals surface area contributed by atoms with Gasteiger partial charge in [-0.05, 0) is 113 Å². The van der Waals surface area contributed by atoms with Crippen LogP contribution in [0, 0.1) is 5.82 Å². The summed E-state index contributed by atoms with van der Waals surface area (Å²) in [4.78, 5) is 2.10. The molecular formula is C53H36FN. The van der Waals surface area contributed by atoms with E-state index < -0.39 is 0 Å². The van der Waals surface area contributed by atoms with Crippen LogP contribution >= 0.6 is 0 Å². The van der Waals surface area contributed by atoms with E-state index in [1.165, 1.54) is 77.2 Å². The molecule has 0 atom stereocenters. The molecule has 2 aliphatic carbocycles. The van der Waals surface area contributed by atoms with Crippen molar-refractivity contribution >= 4 is 38.6 Å². The Bertz CT molecular complexity index is 3010. The third kappa shape index (κ3) is 4.52. The van der Waals surface area contributed by atoms with Crippen LogP contribution in [0.25, 0.3) is 77.2 Å². The molecule has 0 unspecified atom stereocenters. The number of hydrogen-bond donors (Lipinski definition) is 0. The second kappa shape index (κ2) is 11.9. The van der Waals surface area contributed by atoms with E-state index >= 15 is 4.39 Å². The molecule has 55 heavy (non-hydrogen) atoms. The molecule has 0 saturated heterocycles. The summed E-state index contributed by atoms with van der Waals surface area (Å²) >= 11 is 0. The molecule has 0 fully saturated rings. The molecule has 0 bridgehead atoms. The van der Waals surface area contributed by atoms with Crippen molar-refractivity contribution in [1.82, 2.24) is 0 Å². The van der Waals surface area contributed by atoms with Crippen LogP contribution in [0.4, 0.5) is 21.5 Å². The largest absolute Gasteiger partial charge is 0.307 e. The van der Waals surface area contributed by atoms with Gasteiger partial charge in [-0.15, -0.1) is 0 Å². The number of fused-ring (bicyclic) bond motifs is 7. The van der Waals surface area contributed by atoms with E-state index in [0.29, 0.717) is 5.69 Å². The SMILES string of the molecule is CC1(C)c2ccccc2-c2c(N(c3ccc(-c4c5c(c(-c6ccccc6)c6ccccc46)-c4cccc6cccc-5c46)cc3)c3ccccc3F)cccc21. The van der Waals surface area contributed by atoms with Gasteiger partial charge < -0.3 is 4.90 Å². The summed E-state index contributed by atoms with van der Waals surface area (Å²) in [5.41, 5.74) is 17.0. The molecule has 0 saturated carbocycles. The molecule has 9 aromatic carbocycles. The average Bonchev–Trinajstić information content (AvgIpc) is 3.68. The molecule has 0 heterocycles. The van der Waals surface area contributed by atoms with Gasteiger partial charge in [0.05, 0.1) is 11.4 Å². The number of benzene rings is 9. The van der Waals surface area contributed by atoms with Crippen molar-refractivity contribution in [2.24, 2.45) is 0 Å². The molecule has 2 heteroatoms. The minimum Gasteiger partial charge on any atom is -0.307 e. The lowest BCUT2D eigenvalue weighted by atomic mass is 9.82. The van der Waals surface area contributed by atoms with Crippen molar-refractivity contribution in [1.29, 1.82) is 0 Å². The van der Waals surface area contributed by atoms with Crippen LogP contribution in [-0.4, -0.2) is 0 Å². The Morgan fingerprint density at radius 2 is 0.927 bits per heavy atom. The van der Waals surface area contributed by atoms with Crippen LogP contribution in [0.1, 0.15) is 25.0 Å². The Kier molecular flexibility index (Phi) is 6.85. The Hall–Kier alpha value is -6.77. The topological polar surface area (TPSA) is 3.24 Å². The number of para-hydroxylation sites is 1. The predicted molar refractivity (Wildman–Crippen MR) is 229 cm³/mol. The molecule has 2 aliphatic rings. The lowest BCUT2D eigenvalue weighted by Gasteiger charge is -2.29. The lowest BCUT2D eigenvalue weighted by Crippen LogP contribution is -2.16. The summed E-state index contributed by atoms with van der Waals surface area (Å²) in [6, 6.07) is 64.1. The van der Waals surface area contributed by atoms with E-state index in [2.05, 4.69) is 176 Å². The highest BCUT2D eigenvalue weighted by molar-refractivity contribution is 6.27. The first-order chi connectivity index (χ1) is 27.0. The van der Waals surface area contributed by atoms with Crippen molar-refractivity contribution < 1.29 is 4.39 Å². The number of rotatable bonds is 5. The second-order valence-electron chi connectivity index (χ2n) is 15.3. The van der Waals surface area contributed by atoms with Crippen LogP contribution in [0.3, 0.4) is 0 Å². The van der Waals surface area contributed by atoms with E-state index in [-0.39, 0.29) is 11.2 Å². The number of hydrogen-bond acceptors (Lipinski definition) is 1. The Morgan fingerprint density at radius 1 is 0.400 bits per heavy atom. The Labute approximate surface area is 320 Å². The first kappa shape index (κ1) is 31.7.